The third kappa shape index (κ3) is 4.30. The predicted octanol–water partition coefficient (Wildman–Crippen LogP) is 5.32. The Morgan fingerprint density at radius 1 is 0.886 bits per heavy atom. The molecule has 0 N–H and O–H groups in total. The van der Waals surface area contributed by atoms with Crippen LogP contribution >= 0.6 is 0 Å². The van der Waals surface area contributed by atoms with Gasteiger partial charge in [0.05, 0.1) is 5.56 Å². The summed E-state index contributed by atoms with van der Waals surface area (Å²) in [6.45, 7) is 4.02. The first-order valence-electron chi connectivity index (χ1n) is 11.4. The SMILES string of the molecule is CCc1cccc(-c2nc(COc3ccccc3C)nn2-c2nnc(-c3ccccc3)n2C)c1F. The topological polar surface area (TPSA) is 70.7 Å². The van der Waals surface area contributed by atoms with Crippen LogP contribution in [-0.2, 0) is 20.1 Å². The van der Waals surface area contributed by atoms with Crippen LogP contribution in [0.5, 0.6) is 5.75 Å². The minimum Gasteiger partial charge on any atom is -0.485 e. The third-order valence-electron chi connectivity index (χ3n) is 5.88. The summed E-state index contributed by atoms with van der Waals surface area (Å²) in [5, 5.41) is 13.4. The summed E-state index contributed by atoms with van der Waals surface area (Å²) in [6, 6.07) is 22.8. The number of aromatic nitrogens is 6. The first-order chi connectivity index (χ1) is 17.1. The van der Waals surface area contributed by atoms with E-state index in [0.29, 0.717) is 41.0 Å². The van der Waals surface area contributed by atoms with Crippen LogP contribution in [-0.4, -0.2) is 29.5 Å². The molecule has 0 radical (unpaired) electrons. The molecule has 0 unspecified atom stereocenters. The molecule has 0 aliphatic carbocycles. The van der Waals surface area contributed by atoms with Gasteiger partial charge in [-0.3, -0.25) is 4.57 Å². The molecule has 2 aromatic heterocycles. The number of benzene rings is 3. The second kappa shape index (κ2) is 9.50. The molecular weight excluding hydrogens is 443 g/mol. The monoisotopic (exact) mass is 468 g/mol. The van der Waals surface area contributed by atoms with Crippen molar-refractivity contribution < 1.29 is 9.13 Å². The van der Waals surface area contributed by atoms with Crippen molar-refractivity contribution in [3.05, 3.63) is 95.6 Å². The van der Waals surface area contributed by atoms with Crippen LogP contribution in [0.4, 0.5) is 4.39 Å². The molecule has 0 spiro atoms. The number of aryl methyl sites for hydroxylation is 2. The molecule has 7 nitrogen and oxygen atoms in total. The number of hydrogen-bond acceptors (Lipinski definition) is 5. The molecule has 0 atom stereocenters. The van der Waals surface area contributed by atoms with Crippen molar-refractivity contribution in [2.24, 2.45) is 7.05 Å². The summed E-state index contributed by atoms with van der Waals surface area (Å²) < 4.78 is 24.7. The van der Waals surface area contributed by atoms with E-state index in [1.807, 2.05) is 86.1 Å². The fourth-order valence-electron chi connectivity index (χ4n) is 3.96. The smallest absolute Gasteiger partial charge is 0.254 e. The molecule has 5 rings (SSSR count). The van der Waals surface area contributed by atoms with E-state index in [0.717, 1.165) is 16.9 Å². The van der Waals surface area contributed by atoms with Gasteiger partial charge in [0.2, 0.25) is 0 Å². The summed E-state index contributed by atoms with van der Waals surface area (Å²) in [4.78, 5) is 4.67. The highest BCUT2D eigenvalue weighted by Crippen LogP contribution is 2.28. The van der Waals surface area contributed by atoms with E-state index in [9.17, 15) is 0 Å². The second-order valence-corrected chi connectivity index (χ2v) is 8.20. The quantitative estimate of drug-likeness (QED) is 0.323. The molecular formula is C27H25FN6O. The van der Waals surface area contributed by atoms with Crippen LogP contribution in [0.25, 0.3) is 28.7 Å². The summed E-state index contributed by atoms with van der Waals surface area (Å²) >= 11 is 0. The predicted molar refractivity (Wildman–Crippen MR) is 132 cm³/mol. The van der Waals surface area contributed by atoms with Crippen molar-refractivity contribution in [1.82, 2.24) is 29.5 Å². The summed E-state index contributed by atoms with van der Waals surface area (Å²) in [7, 11) is 1.85. The summed E-state index contributed by atoms with van der Waals surface area (Å²) in [5.74, 6) is 2.28. The van der Waals surface area contributed by atoms with Gasteiger partial charge in [-0.15, -0.1) is 15.3 Å². The third-order valence-corrected chi connectivity index (χ3v) is 5.88. The van der Waals surface area contributed by atoms with Crippen LogP contribution < -0.4 is 4.74 Å². The molecule has 2 heterocycles. The maximum absolute atomic E-state index is 15.4. The first kappa shape index (κ1) is 22.5. The maximum atomic E-state index is 15.4. The Kier molecular flexibility index (Phi) is 6.10. The standard InChI is InChI=1S/C27H25FN6O/c1-4-19-14-10-15-21(24(19)28)26-29-23(17-35-22-16-9-8-11-18(22)2)32-34(26)27-31-30-25(33(27)3)20-12-6-5-7-13-20/h5-16H,4,17H2,1-3H3. The van der Waals surface area contributed by atoms with Gasteiger partial charge in [0, 0.05) is 12.6 Å². The van der Waals surface area contributed by atoms with Gasteiger partial charge in [0.1, 0.15) is 18.2 Å². The van der Waals surface area contributed by atoms with Crippen molar-refractivity contribution in [3.8, 4) is 34.5 Å². The van der Waals surface area contributed by atoms with Gasteiger partial charge in [-0.1, -0.05) is 67.6 Å². The Morgan fingerprint density at radius 3 is 2.43 bits per heavy atom. The van der Waals surface area contributed by atoms with Crippen LogP contribution in [0.2, 0.25) is 0 Å². The number of rotatable bonds is 7. The second-order valence-electron chi connectivity index (χ2n) is 8.20. The van der Waals surface area contributed by atoms with E-state index in [2.05, 4.69) is 20.3 Å². The van der Waals surface area contributed by atoms with E-state index in [1.165, 1.54) is 4.68 Å². The van der Waals surface area contributed by atoms with Crippen molar-refractivity contribution >= 4 is 0 Å². The van der Waals surface area contributed by atoms with E-state index in [-0.39, 0.29) is 12.4 Å². The van der Waals surface area contributed by atoms with Crippen LogP contribution in [0.1, 0.15) is 23.9 Å². The van der Waals surface area contributed by atoms with E-state index < -0.39 is 0 Å². The van der Waals surface area contributed by atoms with Crippen molar-refractivity contribution in [3.63, 3.8) is 0 Å². The molecule has 0 aliphatic rings. The minimum atomic E-state index is -0.319. The Bertz CT molecular complexity index is 1470. The van der Waals surface area contributed by atoms with Gasteiger partial charge in [-0.05, 0) is 36.6 Å². The van der Waals surface area contributed by atoms with Crippen molar-refractivity contribution in [2.45, 2.75) is 26.9 Å². The van der Waals surface area contributed by atoms with E-state index in [4.69, 9.17) is 4.74 Å². The largest absolute Gasteiger partial charge is 0.485 e. The van der Waals surface area contributed by atoms with Crippen LogP contribution in [0.3, 0.4) is 0 Å². The maximum Gasteiger partial charge on any atom is 0.254 e. The Morgan fingerprint density at radius 2 is 1.66 bits per heavy atom. The normalized spacial score (nSPS) is 11.1. The molecule has 5 aromatic rings. The van der Waals surface area contributed by atoms with Gasteiger partial charge in [-0.25, -0.2) is 9.37 Å². The number of hydrogen-bond donors (Lipinski definition) is 0. The highest BCUT2D eigenvalue weighted by atomic mass is 19.1. The lowest BCUT2D eigenvalue weighted by atomic mass is 10.1. The fourth-order valence-corrected chi connectivity index (χ4v) is 3.96. The van der Waals surface area contributed by atoms with Crippen molar-refractivity contribution in [2.75, 3.05) is 0 Å². The fraction of sp³-hybridized carbons (Fsp3) is 0.185. The van der Waals surface area contributed by atoms with Gasteiger partial charge in [0.25, 0.3) is 5.95 Å². The van der Waals surface area contributed by atoms with Gasteiger partial charge >= 0.3 is 0 Å². The highest BCUT2D eigenvalue weighted by Gasteiger charge is 2.23. The Hall–Kier alpha value is -4.33. The molecule has 0 fully saturated rings. The molecule has 0 bridgehead atoms. The minimum absolute atomic E-state index is 0.128. The van der Waals surface area contributed by atoms with Crippen LogP contribution in [0, 0.1) is 12.7 Å². The number of ether oxygens (including phenoxy) is 1. The molecule has 8 heteroatoms. The van der Waals surface area contributed by atoms with Gasteiger partial charge in [-0.2, -0.15) is 4.68 Å². The number of nitrogens with zero attached hydrogens (tertiary/aromatic N) is 6. The Labute approximate surface area is 202 Å². The van der Waals surface area contributed by atoms with Crippen LogP contribution in [0.15, 0.2) is 72.8 Å². The zero-order chi connectivity index (χ0) is 24.4. The summed E-state index contributed by atoms with van der Waals surface area (Å²) in [5.41, 5.74) is 2.88. The lowest BCUT2D eigenvalue weighted by molar-refractivity contribution is 0.294. The average Bonchev–Trinajstić information content (AvgIpc) is 3.47. The first-order valence-corrected chi connectivity index (χ1v) is 11.4. The molecule has 176 valence electrons. The number of halogens is 1. The summed E-state index contributed by atoms with van der Waals surface area (Å²) in [6.07, 6.45) is 0.569. The van der Waals surface area contributed by atoms with Crippen molar-refractivity contribution in [1.29, 1.82) is 0 Å². The van der Waals surface area contributed by atoms with Gasteiger partial charge in [0.15, 0.2) is 17.5 Å². The van der Waals surface area contributed by atoms with E-state index in [1.54, 1.807) is 12.1 Å². The van der Waals surface area contributed by atoms with Gasteiger partial charge < -0.3 is 4.74 Å². The lowest BCUT2D eigenvalue weighted by Gasteiger charge is -2.09. The zero-order valence-corrected chi connectivity index (χ0v) is 19.8. The molecule has 0 amide bonds. The Balaban J connectivity index is 1.60. The number of para-hydroxylation sites is 1. The highest BCUT2D eigenvalue weighted by molar-refractivity contribution is 5.61. The molecule has 0 aliphatic heterocycles. The zero-order valence-electron chi connectivity index (χ0n) is 19.8. The molecule has 0 saturated heterocycles. The molecule has 0 saturated carbocycles. The lowest BCUT2D eigenvalue weighted by Crippen LogP contribution is -2.09. The van der Waals surface area contributed by atoms with E-state index >= 15 is 4.39 Å². The molecule has 3 aromatic carbocycles. The molecule has 35 heavy (non-hydrogen) atoms. The average molecular weight is 469 g/mol.